The molecule has 0 spiro atoms. The van der Waals surface area contributed by atoms with Crippen molar-refractivity contribution < 1.29 is 17.5 Å². The number of sulfonamides is 1. The van der Waals surface area contributed by atoms with Crippen LogP contribution in [0.2, 0.25) is 0 Å². The summed E-state index contributed by atoms with van der Waals surface area (Å²) in [7, 11) is -2.09. The van der Waals surface area contributed by atoms with Crippen molar-refractivity contribution in [1.29, 1.82) is 0 Å². The minimum Gasteiger partial charge on any atom is -0.396 e. The van der Waals surface area contributed by atoms with Gasteiger partial charge in [0.1, 0.15) is 5.82 Å². The first-order valence-corrected chi connectivity index (χ1v) is 7.39. The third-order valence-corrected chi connectivity index (χ3v) is 5.36. The summed E-state index contributed by atoms with van der Waals surface area (Å²) >= 11 is 0. The molecule has 1 aromatic carbocycles. The number of halogens is 1. The second-order valence-electron chi connectivity index (χ2n) is 4.65. The quantitative estimate of drug-likeness (QED) is 0.846. The van der Waals surface area contributed by atoms with Gasteiger partial charge in [-0.15, -0.1) is 0 Å². The van der Waals surface area contributed by atoms with Gasteiger partial charge in [0.05, 0.1) is 16.7 Å². The van der Waals surface area contributed by atoms with E-state index >= 15 is 0 Å². The maximum Gasteiger partial charge on any atom is 0.243 e. The van der Waals surface area contributed by atoms with Crippen LogP contribution in [0.15, 0.2) is 17.0 Å². The fourth-order valence-electron chi connectivity index (χ4n) is 2.19. The van der Waals surface area contributed by atoms with Gasteiger partial charge in [0, 0.05) is 20.2 Å². The van der Waals surface area contributed by atoms with Crippen LogP contribution in [-0.4, -0.2) is 39.0 Å². The zero-order valence-corrected chi connectivity index (χ0v) is 11.7. The number of aryl methyl sites for hydroxylation is 1. The molecule has 106 valence electrons. The van der Waals surface area contributed by atoms with Crippen LogP contribution in [0, 0.1) is 12.7 Å². The highest BCUT2D eigenvalue weighted by atomic mass is 32.2. The summed E-state index contributed by atoms with van der Waals surface area (Å²) in [5.74, 6) is -0.604. The van der Waals surface area contributed by atoms with Gasteiger partial charge in [-0.2, -0.15) is 4.31 Å². The van der Waals surface area contributed by atoms with Gasteiger partial charge in [0.25, 0.3) is 0 Å². The maximum atomic E-state index is 13.3. The fourth-order valence-corrected chi connectivity index (χ4v) is 3.92. The molecule has 1 unspecified atom stereocenters. The molecular formula is C12H17FN2O3S. The van der Waals surface area contributed by atoms with E-state index in [0.717, 1.165) is 6.07 Å². The first-order valence-electron chi connectivity index (χ1n) is 5.95. The number of benzene rings is 1. The Balaban J connectivity index is 2.38. The van der Waals surface area contributed by atoms with E-state index in [-0.39, 0.29) is 16.7 Å². The molecule has 5 nitrogen and oxygen atoms in total. The number of rotatable bonds is 3. The molecule has 1 aliphatic heterocycles. The Labute approximate surface area is 112 Å². The van der Waals surface area contributed by atoms with Gasteiger partial charge >= 0.3 is 0 Å². The van der Waals surface area contributed by atoms with E-state index in [4.69, 9.17) is 10.5 Å². The predicted molar refractivity (Wildman–Crippen MR) is 69.7 cm³/mol. The number of hydrogen-bond acceptors (Lipinski definition) is 4. The van der Waals surface area contributed by atoms with E-state index in [9.17, 15) is 12.8 Å². The molecule has 1 atom stereocenters. The summed E-state index contributed by atoms with van der Waals surface area (Å²) in [6.07, 6.45) is 0.568. The van der Waals surface area contributed by atoms with Crippen LogP contribution in [0.4, 0.5) is 10.1 Å². The van der Waals surface area contributed by atoms with Crippen LogP contribution >= 0.6 is 0 Å². The molecule has 1 aromatic rings. The molecule has 0 saturated carbocycles. The highest BCUT2D eigenvalue weighted by molar-refractivity contribution is 7.89. The van der Waals surface area contributed by atoms with Crippen LogP contribution in [0.5, 0.6) is 0 Å². The van der Waals surface area contributed by atoms with E-state index in [2.05, 4.69) is 0 Å². The third kappa shape index (κ3) is 2.58. The van der Waals surface area contributed by atoms with Crippen molar-refractivity contribution >= 4 is 15.7 Å². The highest BCUT2D eigenvalue weighted by Gasteiger charge is 2.33. The average Bonchev–Trinajstić information content (AvgIpc) is 2.83. The van der Waals surface area contributed by atoms with Crippen molar-refractivity contribution in [2.24, 2.45) is 0 Å². The van der Waals surface area contributed by atoms with Crippen LogP contribution in [0.1, 0.15) is 12.0 Å². The molecule has 0 radical (unpaired) electrons. The van der Waals surface area contributed by atoms with Gasteiger partial charge in [-0.05, 0) is 31.0 Å². The van der Waals surface area contributed by atoms with Crippen molar-refractivity contribution in [3.63, 3.8) is 0 Å². The Morgan fingerprint density at radius 3 is 2.74 bits per heavy atom. The predicted octanol–water partition coefficient (Wildman–Crippen LogP) is 1.13. The number of ether oxygens (including phenoxy) is 1. The molecule has 1 saturated heterocycles. The Bertz CT molecular complexity index is 589. The summed E-state index contributed by atoms with van der Waals surface area (Å²) in [4.78, 5) is 0.0585. The zero-order chi connectivity index (χ0) is 14.2. The second-order valence-corrected chi connectivity index (χ2v) is 6.56. The monoisotopic (exact) mass is 288 g/mol. The SMILES string of the molecule is COC1CCN(S(=O)(=O)c2cc(N)c(F)cc2C)C1. The lowest BCUT2D eigenvalue weighted by atomic mass is 10.2. The van der Waals surface area contributed by atoms with Gasteiger partial charge in [0.2, 0.25) is 10.0 Å². The molecule has 7 heteroatoms. The van der Waals surface area contributed by atoms with Gasteiger partial charge in [-0.1, -0.05) is 0 Å². The smallest absolute Gasteiger partial charge is 0.243 e. The Morgan fingerprint density at radius 2 is 2.16 bits per heavy atom. The van der Waals surface area contributed by atoms with E-state index in [1.165, 1.54) is 10.4 Å². The topological polar surface area (TPSA) is 72.6 Å². The summed E-state index contributed by atoms with van der Waals surface area (Å²) in [5.41, 5.74) is 5.65. The van der Waals surface area contributed by atoms with Crippen LogP contribution in [-0.2, 0) is 14.8 Å². The molecule has 1 heterocycles. The van der Waals surface area contributed by atoms with Gasteiger partial charge in [0.15, 0.2) is 0 Å². The maximum absolute atomic E-state index is 13.3. The van der Waals surface area contributed by atoms with Crippen molar-refractivity contribution in [3.05, 3.63) is 23.5 Å². The van der Waals surface area contributed by atoms with E-state index in [1.807, 2.05) is 0 Å². The minimum atomic E-state index is -3.64. The highest BCUT2D eigenvalue weighted by Crippen LogP contribution is 2.27. The number of hydrogen-bond donors (Lipinski definition) is 1. The molecule has 19 heavy (non-hydrogen) atoms. The van der Waals surface area contributed by atoms with Crippen LogP contribution < -0.4 is 5.73 Å². The molecule has 1 aliphatic rings. The van der Waals surface area contributed by atoms with E-state index < -0.39 is 15.8 Å². The van der Waals surface area contributed by atoms with Crippen molar-refractivity contribution in [3.8, 4) is 0 Å². The van der Waals surface area contributed by atoms with Gasteiger partial charge < -0.3 is 10.5 Å². The van der Waals surface area contributed by atoms with E-state index in [0.29, 0.717) is 25.1 Å². The number of nitrogen functional groups attached to an aromatic ring is 1. The number of nitrogens with two attached hydrogens (primary N) is 1. The molecule has 0 aliphatic carbocycles. The molecular weight excluding hydrogens is 271 g/mol. The molecule has 0 amide bonds. The largest absolute Gasteiger partial charge is 0.396 e. The molecule has 2 rings (SSSR count). The van der Waals surface area contributed by atoms with Crippen LogP contribution in [0.3, 0.4) is 0 Å². The molecule has 1 fully saturated rings. The lowest BCUT2D eigenvalue weighted by Crippen LogP contribution is -2.30. The Hall–Kier alpha value is -1.18. The first-order chi connectivity index (χ1) is 8.86. The number of anilines is 1. The third-order valence-electron chi connectivity index (χ3n) is 3.35. The first kappa shape index (κ1) is 14.2. The summed E-state index contributed by atoms with van der Waals surface area (Å²) in [5, 5.41) is 0. The number of methoxy groups -OCH3 is 1. The fraction of sp³-hybridized carbons (Fsp3) is 0.500. The Kier molecular flexibility index (Phi) is 3.80. The van der Waals surface area contributed by atoms with Crippen molar-refractivity contribution in [2.75, 3.05) is 25.9 Å². The van der Waals surface area contributed by atoms with Gasteiger partial charge in [-0.3, -0.25) is 0 Å². The zero-order valence-electron chi connectivity index (χ0n) is 10.9. The average molecular weight is 288 g/mol. The molecule has 0 bridgehead atoms. The van der Waals surface area contributed by atoms with E-state index in [1.54, 1.807) is 14.0 Å². The minimum absolute atomic E-state index is 0.0585. The van der Waals surface area contributed by atoms with Gasteiger partial charge in [-0.25, -0.2) is 12.8 Å². The standard InChI is InChI=1S/C12H17FN2O3S/c1-8-5-10(13)11(14)6-12(8)19(16,17)15-4-3-9(7-15)18-2/h5-6,9H,3-4,7,14H2,1-2H3. The van der Waals surface area contributed by atoms with Crippen molar-refractivity contribution in [1.82, 2.24) is 4.31 Å². The van der Waals surface area contributed by atoms with Crippen LogP contribution in [0.25, 0.3) is 0 Å². The summed E-state index contributed by atoms with van der Waals surface area (Å²) < 4.78 is 44.7. The summed E-state index contributed by atoms with van der Waals surface area (Å²) in [6, 6.07) is 2.33. The lowest BCUT2D eigenvalue weighted by Gasteiger charge is -2.18. The molecule has 0 aromatic heterocycles. The normalized spacial score (nSPS) is 20.9. The lowest BCUT2D eigenvalue weighted by molar-refractivity contribution is 0.115. The second kappa shape index (κ2) is 5.07. The summed E-state index contributed by atoms with van der Waals surface area (Å²) in [6.45, 7) is 2.27. The molecule has 2 N–H and O–H groups in total. The Morgan fingerprint density at radius 1 is 1.47 bits per heavy atom. The van der Waals surface area contributed by atoms with Crippen molar-refractivity contribution in [2.45, 2.75) is 24.3 Å². The number of nitrogens with zero attached hydrogens (tertiary/aromatic N) is 1.